The highest BCUT2D eigenvalue weighted by Gasteiger charge is 2.31. The molecule has 0 atom stereocenters. The monoisotopic (exact) mass is 275 g/mol. The van der Waals surface area contributed by atoms with Crippen LogP contribution in [-0.4, -0.2) is 9.78 Å². The lowest BCUT2D eigenvalue weighted by atomic mass is 10.0. The number of benzene rings is 1. The van der Waals surface area contributed by atoms with Crippen molar-refractivity contribution < 1.29 is 13.2 Å². The summed E-state index contributed by atoms with van der Waals surface area (Å²) in [6, 6.07) is 5.30. The zero-order valence-electron chi connectivity index (χ0n) is 10.1. The normalized spacial score (nSPS) is 10.8. The van der Waals surface area contributed by atoms with Crippen molar-refractivity contribution in [2.75, 3.05) is 0 Å². The summed E-state index contributed by atoms with van der Waals surface area (Å²) >= 11 is 0. The summed E-state index contributed by atoms with van der Waals surface area (Å²) in [4.78, 5) is 0. The van der Waals surface area contributed by atoms with Gasteiger partial charge in [0.15, 0.2) is 0 Å². The van der Waals surface area contributed by atoms with Gasteiger partial charge in [0.1, 0.15) is 6.54 Å². The molecule has 0 aliphatic heterocycles. The number of terminal acetylenes is 1. The zero-order chi connectivity index (χ0) is 14.8. The Balaban J connectivity index is 2.51. The largest absolute Gasteiger partial charge is 0.416 e. The summed E-state index contributed by atoms with van der Waals surface area (Å²) in [5.74, 6) is 2.20. The highest BCUT2D eigenvalue weighted by Crippen LogP contribution is 2.33. The molecular weight excluding hydrogens is 267 g/mol. The first kappa shape index (κ1) is 13.7. The molecule has 0 unspecified atom stereocenters. The Hall–Kier alpha value is -2.73. The lowest BCUT2D eigenvalue weighted by Gasteiger charge is -2.09. The van der Waals surface area contributed by atoms with Gasteiger partial charge in [-0.25, -0.2) is 0 Å². The van der Waals surface area contributed by atoms with Gasteiger partial charge < -0.3 is 0 Å². The summed E-state index contributed by atoms with van der Waals surface area (Å²) in [6.45, 7) is 0.0287. The van der Waals surface area contributed by atoms with Crippen LogP contribution in [0.25, 0.3) is 11.1 Å². The van der Waals surface area contributed by atoms with E-state index >= 15 is 0 Å². The number of rotatable bonds is 2. The second kappa shape index (κ2) is 5.10. The average molecular weight is 275 g/mol. The molecule has 100 valence electrons. The molecule has 0 amide bonds. The maximum atomic E-state index is 12.8. The Morgan fingerprint density at radius 1 is 1.25 bits per heavy atom. The van der Waals surface area contributed by atoms with Crippen LogP contribution >= 0.6 is 0 Å². The maximum Gasteiger partial charge on any atom is 0.416 e. The van der Waals surface area contributed by atoms with Gasteiger partial charge in [-0.05, 0) is 23.8 Å². The molecule has 2 rings (SSSR count). The first-order valence-electron chi connectivity index (χ1n) is 5.52. The van der Waals surface area contributed by atoms with Gasteiger partial charge in [0.05, 0.1) is 17.8 Å². The molecule has 0 fully saturated rings. The lowest BCUT2D eigenvalue weighted by molar-refractivity contribution is -0.137. The highest BCUT2D eigenvalue weighted by atomic mass is 19.4. The molecule has 1 aromatic carbocycles. The first-order chi connectivity index (χ1) is 9.44. The number of aromatic nitrogens is 2. The Morgan fingerprint density at radius 2 is 2.00 bits per heavy atom. The number of alkyl halides is 3. The van der Waals surface area contributed by atoms with E-state index in [2.05, 4.69) is 11.0 Å². The van der Waals surface area contributed by atoms with Crippen LogP contribution in [-0.2, 0) is 12.7 Å². The third-order valence-corrected chi connectivity index (χ3v) is 2.63. The van der Waals surface area contributed by atoms with Crippen molar-refractivity contribution in [3.63, 3.8) is 0 Å². The molecular formula is C14H8F3N3. The van der Waals surface area contributed by atoms with Gasteiger partial charge in [0.25, 0.3) is 0 Å². The summed E-state index contributed by atoms with van der Waals surface area (Å²) in [5.41, 5.74) is 0.124. The number of nitrogens with zero attached hydrogens (tertiary/aromatic N) is 3. The van der Waals surface area contributed by atoms with Gasteiger partial charge in [0, 0.05) is 17.3 Å². The second-order valence-corrected chi connectivity index (χ2v) is 4.03. The van der Waals surface area contributed by atoms with Crippen LogP contribution in [0.2, 0.25) is 0 Å². The van der Waals surface area contributed by atoms with Crippen molar-refractivity contribution in [2.24, 2.45) is 0 Å². The third kappa shape index (κ3) is 2.81. The van der Waals surface area contributed by atoms with E-state index in [0.717, 1.165) is 12.1 Å². The van der Waals surface area contributed by atoms with Gasteiger partial charge in [-0.2, -0.15) is 23.5 Å². The Kier molecular flexibility index (Phi) is 3.49. The van der Waals surface area contributed by atoms with Gasteiger partial charge >= 0.3 is 6.18 Å². The lowest BCUT2D eigenvalue weighted by Crippen LogP contribution is -2.05. The molecule has 0 saturated carbocycles. The number of hydrogen-bond acceptors (Lipinski definition) is 2. The van der Waals surface area contributed by atoms with Crippen molar-refractivity contribution in [1.29, 1.82) is 5.26 Å². The van der Waals surface area contributed by atoms with Gasteiger partial charge in [-0.1, -0.05) is 5.92 Å². The average Bonchev–Trinajstić information content (AvgIpc) is 2.86. The van der Waals surface area contributed by atoms with Crippen LogP contribution in [0.15, 0.2) is 30.6 Å². The molecule has 0 radical (unpaired) electrons. The van der Waals surface area contributed by atoms with Gasteiger partial charge in [0.2, 0.25) is 0 Å². The summed E-state index contributed by atoms with van der Waals surface area (Å²) in [7, 11) is 0. The fourth-order valence-electron chi connectivity index (χ4n) is 1.71. The number of nitriles is 1. The van der Waals surface area contributed by atoms with E-state index in [1.807, 2.05) is 6.07 Å². The molecule has 1 heterocycles. The summed E-state index contributed by atoms with van der Waals surface area (Å²) in [6.07, 6.45) is 3.61. The standard InChI is InChI=1S/C14H8F3N3/c1-2-10-5-11(7-13(6-10)14(15,16)17)12-8-19-20(9-12)4-3-18/h1,5-9H,4H2. The molecule has 0 N–H and O–H groups in total. The minimum Gasteiger partial charge on any atom is -0.258 e. The number of hydrogen-bond donors (Lipinski definition) is 0. The van der Waals surface area contributed by atoms with E-state index in [1.165, 1.54) is 23.1 Å². The quantitative estimate of drug-likeness (QED) is 0.790. The Bertz CT molecular complexity index is 714. The SMILES string of the molecule is C#Cc1cc(-c2cnn(CC#N)c2)cc(C(F)(F)F)c1. The minimum absolute atomic E-state index is 0.0287. The molecule has 6 heteroatoms. The van der Waals surface area contributed by atoms with Crippen LogP contribution in [0.5, 0.6) is 0 Å². The minimum atomic E-state index is -4.47. The predicted octanol–water partition coefficient (Wildman–Crippen LogP) is 3.07. The van der Waals surface area contributed by atoms with Gasteiger partial charge in [-0.3, -0.25) is 4.68 Å². The molecule has 2 aromatic rings. The second-order valence-electron chi connectivity index (χ2n) is 4.03. The molecule has 20 heavy (non-hydrogen) atoms. The third-order valence-electron chi connectivity index (χ3n) is 2.63. The van der Waals surface area contributed by atoms with Crippen LogP contribution < -0.4 is 0 Å². The van der Waals surface area contributed by atoms with Gasteiger partial charge in [-0.15, -0.1) is 6.42 Å². The van der Waals surface area contributed by atoms with Crippen molar-refractivity contribution in [3.05, 3.63) is 41.7 Å². The molecule has 3 nitrogen and oxygen atoms in total. The first-order valence-corrected chi connectivity index (χ1v) is 5.52. The maximum absolute atomic E-state index is 12.8. The van der Waals surface area contributed by atoms with E-state index in [1.54, 1.807) is 0 Å². The van der Waals surface area contributed by atoms with E-state index < -0.39 is 11.7 Å². The topological polar surface area (TPSA) is 41.6 Å². The predicted molar refractivity (Wildman–Crippen MR) is 66.2 cm³/mol. The van der Waals surface area contributed by atoms with Crippen LogP contribution in [0.4, 0.5) is 13.2 Å². The fourth-order valence-corrected chi connectivity index (χ4v) is 1.71. The van der Waals surface area contributed by atoms with Crippen LogP contribution in [0.1, 0.15) is 11.1 Å². The van der Waals surface area contributed by atoms with Crippen molar-refractivity contribution in [1.82, 2.24) is 9.78 Å². The van der Waals surface area contributed by atoms with Crippen molar-refractivity contribution in [3.8, 4) is 29.5 Å². The molecule has 0 saturated heterocycles. The molecule has 0 spiro atoms. The van der Waals surface area contributed by atoms with E-state index in [0.29, 0.717) is 11.1 Å². The number of halogens is 3. The molecule has 1 aromatic heterocycles. The molecule has 0 aliphatic carbocycles. The molecule has 0 aliphatic rings. The summed E-state index contributed by atoms with van der Waals surface area (Å²) < 4.78 is 39.7. The van der Waals surface area contributed by atoms with Crippen LogP contribution in [0, 0.1) is 23.7 Å². The van der Waals surface area contributed by atoms with Crippen molar-refractivity contribution >= 4 is 0 Å². The van der Waals surface area contributed by atoms with Crippen LogP contribution in [0.3, 0.4) is 0 Å². The Morgan fingerprint density at radius 3 is 2.60 bits per heavy atom. The fraction of sp³-hybridized carbons (Fsp3) is 0.143. The summed E-state index contributed by atoms with van der Waals surface area (Å²) in [5, 5.41) is 12.4. The molecule has 0 bridgehead atoms. The van der Waals surface area contributed by atoms with E-state index in [-0.39, 0.29) is 12.1 Å². The smallest absolute Gasteiger partial charge is 0.258 e. The van der Waals surface area contributed by atoms with E-state index in [9.17, 15) is 13.2 Å². The zero-order valence-corrected chi connectivity index (χ0v) is 10.1. The Labute approximate surface area is 113 Å². The van der Waals surface area contributed by atoms with Crippen molar-refractivity contribution in [2.45, 2.75) is 12.7 Å². The van der Waals surface area contributed by atoms with E-state index in [4.69, 9.17) is 11.7 Å². The highest BCUT2D eigenvalue weighted by molar-refractivity contribution is 5.65.